The third-order valence-corrected chi connectivity index (χ3v) is 4.61. The Balaban J connectivity index is 0.000000185. The SMILES string of the molecule is Cc1c(Br)ccc[n+]1[O-].Cc1c(N2CCNCC2)ccc[n+]1[O-]. The second kappa shape index (κ2) is 8.12. The van der Waals surface area contributed by atoms with Crippen LogP contribution in [0.5, 0.6) is 0 Å². The highest BCUT2D eigenvalue weighted by molar-refractivity contribution is 9.10. The minimum absolute atomic E-state index is 0.692. The first-order valence-electron chi connectivity index (χ1n) is 7.49. The number of hydrogen-bond acceptors (Lipinski definition) is 4. The molecule has 7 heteroatoms. The van der Waals surface area contributed by atoms with Crippen LogP contribution in [0, 0.1) is 24.3 Å². The standard InChI is InChI=1S/C10H15N3O.C6H6BrNO/c1-9-10(3-2-6-13(9)14)12-7-4-11-5-8-12;1-5-6(7)3-2-4-8(5)9/h2-3,6,11H,4-5,7-8H2,1H3;2-4H,1H3. The fourth-order valence-corrected chi connectivity index (χ4v) is 2.67. The first kappa shape index (κ1) is 17.5. The number of hydrogen-bond donors (Lipinski definition) is 1. The number of piperazine rings is 1. The van der Waals surface area contributed by atoms with Gasteiger partial charge in [0.15, 0.2) is 12.4 Å². The summed E-state index contributed by atoms with van der Waals surface area (Å²) < 4.78 is 2.60. The Morgan fingerprint density at radius 1 is 1.00 bits per heavy atom. The third-order valence-electron chi connectivity index (χ3n) is 3.77. The Kier molecular flexibility index (Phi) is 6.18. The van der Waals surface area contributed by atoms with Crippen LogP contribution in [0.2, 0.25) is 0 Å². The highest BCUT2D eigenvalue weighted by atomic mass is 79.9. The molecule has 0 unspecified atom stereocenters. The van der Waals surface area contributed by atoms with Crippen molar-refractivity contribution in [3.63, 3.8) is 0 Å². The van der Waals surface area contributed by atoms with Crippen LogP contribution in [-0.2, 0) is 0 Å². The Morgan fingerprint density at radius 2 is 1.57 bits per heavy atom. The molecule has 1 aliphatic rings. The van der Waals surface area contributed by atoms with Crippen molar-refractivity contribution in [1.29, 1.82) is 0 Å². The van der Waals surface area contributed by atoms with Gasteiger partial charge in [-0.1, -0.05) is 0 Å². The van der Waals surface area contributed by atoms with Crippen LogP contribution in [0.25, 0.3) is 0 Å². The van der Waals surface area contributed by atoms with Crippen LogP contribution in [0.15, 0.2) is 41.1 Å². The third kappa shape index (κ3) is 4.56. The molecule has 3 heterocycles. The molecule has 0 saturated carbocycles. The van der Waals surface area contributed by atoms with Gasteiger partial charge < -0.3 is 20.6 Å². The van der Waals surface area contributed by atoms with Gasteiger partial charge in [0.1, 0.15) is 5.69 Å². The van der Waals surface area contributed by atoms with E-state index in [0.29, 0.717) is 5.69 Å². The predicted octanol–water partition coefficient (Wildman–Crippen LogP) is 1.43. The Morgan fingerprint density at radius 3 is 2.13 bits per heavy atom. The quantitative estimate of drug-likeness (QED) is 0.600. The average Bonchev–Trinajstić information content (AvgIpc) is 2.56. The largest absolute Gasteiger partial charge is 0.618 e. The molecule has 0 atom stereocenters. The first-order chi connectivity index (χ1) is 11.0. The summed E-state index contributed by atoms with van der Waals surface area (Å²) >= 11 is 3.23. The second-order valence-electron chi connectivity index (χ2n) is 5.31. The van der Waals surface area contributed by atoms with E-state index in [4.69, 9.17) is 0 Å². The topological polar surface area (TPSA) is 69.2 Å². The zero-order chi connectivity index (χ0) is 16.8. The van der Waals surface area contributed by atoms with Gasteiger partial charge in [0.05, 0.1) is 4.47 Å². The lowest BCUT2D eigenvalue weighted by Crippen LogP contribution is -2.45. The zero-order valence-electron chi connectivity index (χ0n) is 13.3. The molecular formula is C16H21BrN4O2. The van der Waals surface area contributed by atoms with E-state index in [2.05, 4.69) is 26.1 Å². The van der Waals surface area contributed by atoms with Crippen LogP contribution in [-0.4, -0.2) is 26.2 Å². The van der Waals surface area contributed by atoms with E-state index in [1.165, 1.54) is 6.20 Å². The first-order valence-corrected chi connectivity index (χ1v) is 8.28. The molecule has 3 rings (SSSR count). The number of anilines is 1. The summed E-state index contributed by atoms with van der Waals surface area (Å²) in [5, 5.41) is 25.4. The lowest BCUT2D eigenvalue weighted by molar-refractivity contribution is -0.613. The molecule has 1 N–H and O–H groups in total. The van der Waals surface area contributed by atoms with Crippen molar-refractivity contribution in [2.24, 2.45) is 0 Å². The van der Waals surface area contributed by atoms with Crippen molar-refractivity contribution in [2.75, 3.05) is 31.1 Å². The maximum Gasteiger partial charge on any atom is 0.212 e. The van der Waals surface area contributed by atoms with E-state index < -0.39 is 0 Å². The van der Waals surface area contributed by atoms with Gasteiger partial charge in [-0.25, -0.2) is 0 Å². The highest BCUT2D eigenvalue weighted by Crippen LogP contribution is 2.16. The van der Waals surface area contributed by atoms with Crippen molar-refractivity contribution in [3.05, 3.63) is 62.9 Å². The van der Waals surface area contributed by atoms with Crippen molar-refractivity contribution < 1.29 is 9.46 Å². The number of nitrogens with one attached hydrogen (secondary N) is 1. The lowest BCUT2D eigenvalue weighted by Gasteiger charge is -2.29. The molecule has 0 aromatic carbocycles. The summed E-state index contributed by atoms with van der Waals surface area (Å²) in [6.45, 7) is 7.57. The van der Waals surface area contributed by atoms with Crippen LogP contribution in [0.4, 0.5) is 5.69 Å². The molecule has 1 fully saturated rings. The molecule has 2 aromatic heterocycles. The van der Waals surface area contributed by atoms with E-state index >= 15 is 0 Å². The van der Waals surface area contributed by atoms with Crippen molar-refractivity contribution in [3.8, 4) is 0 Å². The predicted molar refractivity (Wildman–Crippen MR) is 93.1 cm³/mol. The number of pyridine rings is 2. The molecule has 23 heavy (non-hydrogen) atoms. The van der Waals surface area contributed by atoms with Gasteiger partial charge in [-0.15, -0.1) is 0 Å². The van der Waals surface area contributed by atoms with Crippen LogP contribution >= 0.6 is 15.9 Å². The number of aromatic nitrogens is 2. The molecule has 6 nitrogen and oxygen atoms in total. The normalized spacial score (nSPS) is 14.1. The van der Waals surface area contributed by atoms with Gasteiger partial charge in [0, 0.05) is 52.2 Å². The second-order valence-corrected chi connectivity index (χ2v) is 6.16. The highest BCUT2D eigenvalue weighted by Gasteiger charge is 2.16. The minimum atomic E-state index is 0.692. The lowest BCUT2D eigenvalue weighted by atomic mass is 10.2. The smallest absolute Gasteiger partial charge is 0.212 e. The van der Waals surface area contributed by atoms with Crippen LogP contribution < -0.4 is 19.7 Å². The molecule has 0 spiro atoms. The summed E-state index contributed by atoms with van der Waals surface area (Å²) in [6, 6.07) is 7.35. The fourth-order valence-electron chi connectivity index (χ4n) is 2.34. The van der Waals surface area contributed by atoms with E-state index in [9.17, 15) is 10.4 Å². The summed E-state index contributed by atoms with van der Waals surface area (Å²) in [6.07, 6.45) is 3.02. The molecule has 0 aliphatic carbocycles. The molecule has 2 aromatic rings. The average molecular weight is 381 g/mol. The van der Waals surface area contributed by atoms with Crippen molar-refractivity contribution >= 4 is 21.6 Å². The fraction of sp³-hybridized carbons (Fsp3) is 0.375. The number of rotatable bonds is 1. The number of nitrogens with zero attached hydrogens (tertiary/aromatic N) is 3. The van der Waals surface area contributed by atoms with Crippen molar-refractivity contribution in [1.82, 2.24) is 5.32 Å². The van der Waals surface area contributed by atoms with Gasteiger partial charge >= 0.3 is 0 Å². The summed E-state index contributed by atoms with van der Waals surface area (Å²) in [7, 11) is 0. The van der Waals surface area contributed by atoms with Gasteiger partial charge in [-0.2, -0.15) is 9.46 Å². The molecule has 124 valence electrons. The molecule has 1 aliphatic heterocycles. The van der Waals surface area contributed by atoms with E-state index in [0.717, 1.165) is 51.5 Å². The zero-order valence-corrected chi connectivity index (χ0v) is 14.9. The van der Waals surface area contributed by atoms with Gasteiger partial charge in [0.25, 0.3) is 0 Å². The van der Waals surface area contributed by atoms with Gasteiger partial charge in [-0.05, 0) is 28.1 Å². The Hall–Kier alpha value is -1.86. The Bertz CT molecular complexity index is 640. The van der Waals surface area contributed by atoms with E-state index in [-0.39, 0.29) is 0 Å². The molecule has 0 amide bonds. The molecule has 0 bridgehead atoms. The molecular weight excluding hydrogens is 360 g/mol. The molecule has 1 saturated heterocycles. The van der Waals surface area contributed by atoms with E-state index in [1.807, 2.05) is 19.1 Å². The summed E-state index contributed by atoms with van der Waals surface area (Å²) in [5.74, 6) is 0. The van der Waals surface area contributed by atoms with Gasteiger partial charge in [0.2, 0.25) is 11.4 Å². The molecule has 0 radical (unpaired) electrons. The maximum absolute atomic E-state index is 11.4. The van der Waals surface area contributed by atoms with Crippen LogP contribution in [0.3, 0.4) is 0 Å². The summed E-state index contributed by atoms with van der Waals surface area (Å²) in [4.78, 5) is 2.25. The minimum Gasteiger partial charge on any atom is -0.618 e. The number of halogens is 1. The maximum atomic E-state index is 11.4. The van der Waals surface area contributed by atoms with E-state index in [1.54, 1.807) is 25.3 Å². The van der Waals surface area contributed by atoms with Crippen molar-refractivity contribution in [2.45, 2.75) is 13.8 Å². The van der Waals surface area contributed by atoms with Gasteiger partial charge in [-0.3, -0.25) is 0 Å². The van der Waals surface area contributed by atoms with Crippen LogP contribution in [0.1, 0.15) is 11.4 Å². The monoisotopic (exact) mass is 380 g/mol. The summed E-state index contributed by atoms with van der Waals surface area (Å²) in [5.41, 5.74) is 2.54. The Labute approximate surface area is 144 Å².